The molecule has 1 aromatic carbocycles. The highest BCUT2D eigenvalue weighted by atomic mass is 32.2. The highest BCUT2D eigenvalue weighted by molar-refractivity contribution is 8.00. The van der Waals surface area contributed by atoms with Crippen LogP contribution < -0.4 is 4.74 Å². The molecule has 0 N–H and O–H groups in total. The van der Waals surface area contributed by atoms with Crippen molar-refractivity contribution >= 4 is 17.5 Å². The Morgan fingerprint density at radius 1 is 1.39 bits per heavy atom. The Labute approximate surface area is 140 Å². The van der Waals surface area contributed by atoms with Gasteiger partial charge in [-0.05, 0) is 37.6 Å². The molecule has 0 fully saturated rings. The van der Waals surface area contributed by atoms with Crippen molar-refractivity contribution in [2.45, 2.75) is 37.2 Å². The molecule has 0 amide bonds. The highest BCUT2D eigenvalue weighted by Gasteiger charge is 2.22. The van der Waals surface area contributed by atoms with Gasteiger partial charge in [-0.15, -0.1) is 16.8 Å². The van der Waals surface area contributed by atoms with Crippen LogP contribution in [0.25, 0.3) is 0 Å². The second-order valence-electron chi connectivity index (χ2n) is 5.04. The molecule has 0 aliphatic rings. The summed E-state index contributed by atoms with van der Waals surface area (Å²) in [7, 11) is 1.61. The number of aryl methyl sites for hydroxylation is 1. The van der Waals surface area contributed by atoms with Crippen LogP contribution >= 0.6 is 11.8 Å². The SMILES string of the molecule is C=CCn1c(C)nnc1SC(CC)C(=O)c1ccc(OC)cc1. The number of aromatic nitrogens is 3. The lowest BCUT2D eigenvalue weighted by molar-refractivity contribution is 0.0988. The number of rotatable bonds is 8. The van der Waals surface area contributed by atoms with E-state index < -0.39 is 0 Å². The van der Waals surface area contributed by atoms with Gasteiger partial charge in [-0.25, -0.2) is 0 Å². The van der Waals surface area contributed by atoms with E-state index in [2.05, 4.69) is 16.8 Å². The zero-order chi connectivity index (χ0) is 16.8. The third-order valence-electron chi connectivity index (χ3n) is 3.50. The molecule has 1 atom stereocenters. The number of ketones is 1. The molecular formula is C17H21N3O2S. The van der Waals surface area contributed by atoms with Crippen molar-refractivity contribution in [1.82, 2.24) is 14.8 Å². The van der Waals surface area contributed by atoms with Crippen molar-refractivity contribution in [1.29, 1.82) is 0 Å². The summed E-state index contributed by atoms with van der Waals surface area (Å²) in [6.07, 6.45) is 2.52. The van der Waals surface area contributed by atoms with Gasteiger partial charge in [0.1, 0.15) is 11.6 Å². The first-order valence-corrected chi connectivity index (χ1v) is 8.34. The van der Waals surface area contributed by atoms with Gasteiger partial charge in [0.15, 0.2) is 10.9 Å². The van der Waals surface area contributed by atoms with Gasteiger partial charge in [0, 0.05) is 12.1 Å². The quantitative estimate of drug-likeness (QED) is 0.421. The molecule has 122 valence electrons. The standard InChI is InChI=1S/C17H21N3O2S/c1-5-11-20-12(3)18-19-17(20)23-15(6-2)16(21)13-7-9-14(22-4)10-8-13/h5,7-10,15H,1,6,11H2,2-4H3. The van der Waals surface area contributed by atoms with E-state index in [9.17, 15) is 4.79 Å². The van der Waals surface area contributed by atoms with Crippen molar-refractivity contribution < 1.29 is 9.53 Å². The van der Waals surface area contributed by atoms with E-state index >= 15 is 0 Å². The Morgan fingerprint density at radius 3 is 2.65 bits per heavy atom. The average molecular weight is 331 g/mol. The lowest BCUT2D eigenvalue weighted by atomic mass is 10.1. The minimum absolute atomic E-state index is 0.0889. The summed E-state index contributed by atoms with van der Waals surface area (Å²) < 4.78 is 7.09. The third kappa shape index (κ3) is 4.01. The summed E-state index contributed by atoms with van der Waals surface area (Å²) in [5.74, 6) is 1.65. The van der Waals surface area contributed by atoms with Crippen LogP contribution in [-0.4, -0.2) is 32.9 Å². The van der Waals surface area contributed by atoms with Crippen LogP contribution in [0.5, 0.6) is 5.75 Å². The van der Waals surface area contributed by atoms with Gasteiger partial charge in [0.05, 0.1) is 12.4 Å². The first-order chi connectivity index (χ1) is 11.1. The minimum atomic E-state index is -0.199. The van der Waals surface area contributed by atoms with Gasteiger partial charge in [-0.3, -0.25) is 4.79 Å². The molecule has 23 heavy (non-hydrogen) atoms. The first kappa shape index (κ1) is 17.3. The summed E-state index contributed by atoms with van der Waals surface area (Å²) in [6, 6.07) is 7.19. The molecule has 0 spiro atoms. The predicted molar refractivity (Wildman–Crippen MR) is 92.2 cm³/mol. The molecule has 5 nitrogen and oxygen atoms in total. The lowest BCUT2D eigenvalue weighted by Crippen LogP contribution is -2.17. The molecule has 0 bridgehead atoms. The monoisotopic (exact) mass is 331 g/mol. The lowest BCUT2D eigenvalue weighted by Gasteiger charge is -2.14. The normalized spacial score (nSPS) is 12.0. The van der Waals surface area contributed by atoms with Crippen molar-refractivity contribution in [2.24, 2.45) is 0 Å². The zero-order valence-corrected chi connectivity index (χ0v) is 14.5. The molecule has 1 unspecified atom stereocenters. The van der Waals surface area contributed by atoms with Crippen molar-refractivity contribution in [3.8, 4) is 5.75 Å². The fourth-order valence-corrected chi connectivity index (χ4v) is 3.26. The molecule has 0 saturated heterocycles. The molecule has 0 aliphatic heterocycles. The van der Waals surface area contributed by atoms with E-state index in [0.717, 1.165) is 23.2 Å². The molecule has 0 aliphatic carbocycles. The molecule has 6 heteroatoms. The van der Waals surface area contributed by atoms with Crippen LogP contribution in [0, 0.1) is 6.92 Å². The van der Waals surface area contributed by atoms with Crippen LogP contribution in [-0.2, 0) is 6.54 Å². The summed E-state index contributed by atoms with van der Waals surface area (Å²) in [4.78, 5) is 12.7. The van der Waals surface area contributed by atoms with Crippen molar-refractivity contribution in [2.75, 3.05) is 7.11 Å². The summed E-state index contributed by atoms with van der Waals surface area (Å²) in [5.41, 5.74) is 0.677. The number of hydrogen-bond donors (Lipinski definition) is 0. The number of thioether (sulfide) groups is 1. The largest absolute Gasteiger partial charge is 0.497 e. The van der Waals surface area contributed by atoms with Gasteiger partial charge in [0.25, 0.3) is 0 Å². The topological polar surface area (TPSA) is 57.0 Å². The Kier molecular flexibility index (Phi) is 5.98. The van der Waals surface area contributed by atoms with E-state index in [0.29, 0.717) is 12.1 Å². The fraction of sp³-hybridized carbons (Fsp3) is 0.353. The molecule has 2 rings (SSSR count). The second-order valence-corrected chi connectivity index (χ2v) is 6.21. The van der Waals surface area contributed by atoms with Crippen LogP contribution in [0.1, 0.15) is 29.5 Å². The van der Waals surface area contributed by atoms with Gasteiger partial charge < -0.3 is 9.30 Å². The maximum Gasteiger partial charge on any atom is 0.192 e. The Morgan fingerprint density at radius 2 is 2.09 bits per heavy atom. The minimum Gasteiger partial charge on any atom is -0.497 e. The highest BCUT2D eigenvalue weighted by Crippen LogP contribution is 2.27. The van der Waals surface area contributed by atoms with E-state index in [1.54, 1.807) is 37.5 Å². The van der Waals surface area contributed by atoms with E-state index in [1.165, 1.54) is 11.8 Å². The molecular weight excluding hydrogens is 310 g/mol. The van der Waals surface area contributed by atoms with Gasteiger partial charge in [0.2, 0.25) is 0 Å². The van der Waals surface area contributed by atoms with Crippen molar-refractivity contribution in [3.05, 3.63) is 48.3 Å². The van der Waals surface area contributed by atoms with Crippen LogP contribution in [0.4, 0.5) is 0 Å². The number of hydrogen-bond acceptors (Lipinski definition) is 5. The number of carbonyl (C=O) groups is 1. The Hall–Kier alpha value is -2.08. The van der Waals surface area contributed by atoms with Crippen LogP contribution in [0.3, 0.4) is 0 Å². The average Bonchev–Trinajstić information content (AvgIpc) is 2.92. The second kappa shape index (κ2) is 7.97. The maximum atomic E-state index is 12.7. The van der Waals surface area contributed by atoms with Crippen LogP contribution in [0.15, 0.2) is 42.1 Å². The fourth-order valence-electron chi connectivity index (χ4n) is 2.18. The number of Topliss-reactive ketones (excluding diaryl/α,β-unsaturated/α-hetero) is 1. The molecule has 0 saturated carbocycles. The number of ether oxygens (including phenoxy) is 1. The third-order valence-corrected chi connectivity index (χ3v) is 4.84. The summed E-state index contributed by atoms with van der Waals surface area (Å²) >= 11 is 1.45. The molecule has 1 aromatic heterocycles. The molecule has 0 radical (unpaired) electrons. The maximum absolute atomic E-state index is 12.7. The Bertz CT molecular complexity index is 680. The van der Waals surface area contributed by atoms with Gasteiger partial charge in [-0.2, -0.15) is 0 Å². The summed E-state index contributed by atoms with van der Waals surface area (Å²) in [5, 5.41) is 8.82. The van der Waals surface area contributed by atoms with Crippen molar-refractivity contribution in [3.63, 3.8) is 0 Å². The van der Waals surface area contributed by atoms with Gasteiger partial charge in [-0.1, -0.05) is 24.8 Å². The number of carbonyl (C=O) groups excluding carboxylic acids is 1. The smallest absolute Gasteiger partial charge is 0.192 e. The Balaban J connectivity index is 2.18. The van der Waals surface area contributed by atoms with E-state index in [4.69, 9.17) is 4.74 Å². The van der Waals surface area contributed by atoms with Gasteiger partial charge >= 0.3 is 0 Å². The van der Waals surface area contributed by atoms with Crippen LogP contribution in [0.2, 0.25) is 0 Å². The van der Waals surface area contributed by atoms with E-state index in [1.807, 2.05) is 18.4 Å². The zero-order valence-electron chi connectivity index (χ0n) is 13.7. The molecule has 2 aromatic rings. The predicted octanol–water partition coefficient (Wildman–Crippen LogP) is 3.53. The number of nitrogens with zero attached hydrogens (tertiary/aromatic N) is 3. The molecule has 1 heterocycles. The first-order valence-electron chi connectivity index (χ1n) is 7.46. The number of methoxy groups -OCH3 is 1. The van der Waals surface area contributed by atoms with E-state index in [-0.39, 0.29) is 11.0 Å². The summed E-state index contributed by atoms with van der Waals surface area (Å²) in [6.45, 7) is 8.28. The number of allylic oxidation sites excluding steroid dienone is 1. The number of benzene rings is 1.